The highest BCUT2D eigenvalue weighted by atomic mass is 31.2. The third-order valence-electron chi connectivity index (χ3n) is 0.843. The summed E-state index contributed by atoms with van der Waals surface area (Å²) in [4.78, 5) is 42.1. The van der Waals surface area contributed by atoms with Gasteiger partial charge in [-0.1, -0.05) is 0 Å². The molecular formula is C4H7N2O6P. The van der Waals surface area contributed by atoms with Gasteiger partial charge in [-0.2, -0.15) is 0 Å². The van der Waals surface area contributed by atoms with Crippen molar-refractivity contribution in [3.05, 3.63) is 12.2 Å². The average molecular weight is 210 g/mol. The molecule has 0 saturated heterocycles. The monoisotopic (exact) mass is 210 g/mol. The molecule has 0 bridgehead atoms. The molecule has 0 unspecified atom stereocenters. The van der Waals surface area contributed by atoms with Crippen molar-refractivity contribution in [3.8, 4) is 0 Å². The SMILES string of the molecule is NN1C(=O)C=CC1=O.O=P(O)(O)O. The fraction of sp³-hybridized carbons (Fsp3) is 0. The van der Waals surface area contributed by atoms with E-state index >= 15 is 0 Å². The van der Waals surface area contributed by atoms with E-state index < -0.39 is 19.6 Å². The number of hydrogen-bond donors (Lipinski definition) is 4. The van der Waals surface area contributed by atoms with Gasteiger partial charge in [-0.15, -0.1) is 0 Å². The van der Waals surface area contributed by atoms with Gasteiger partial charge >= 0.3 is 7.82 Å². The first kappa shape index (κ1) is 11.9. The van der Waals surface area contributed by atoms with Gasteiger partial charge in [0, 0.05) is 12.2 Å². The van der Waals surface area contributed by atoms with Crippen LogP contribution in [0, 0.1) is 0 Å². The first-order valence-corrected chi connectivity index (χ1v) is 4.37. The Morgan fingerprint density at radius 3 is 1.46 bits per heavy atom. The molecule has 9 heteroatoms. The third kappa shape index (κ3) is 6.14. The highest BCUT2D eigenvalue weighted by Crippen LogP contribution is 2.25. The lowest BCUT2D eigenvalue weighted by atomic mass is 10.6. The number of hydrogen-bond acceptors (Lipinski definition) is 4. The van der Waals surface area contributed by atoms with Crippen LogP contribution in [0.1, 0.15) is 0 Å². The molecule has 74 valence electrons. The normalized spacial score (nSPS) is 15.8. The van der Waals surface area contributed by atoms with Gasteiger partial charge < -0.3 is 14.7 Å². The third-order valence-corrected chi connectivity index (χ3v) is 0.843. The average Bonchev–Trinajstić information content (AvgIpc) is 2.16. The lowest BCUT2D eigenvalue weighted by Gasteiger charge is -2.01. The Kier molecular flexibility index (Phi) is 3.92. The summed E-state index contributed by atoms with van der Waals surface area (Å²) in [5, 5.41) is 0.556. The Morgan fingerprint density at radius 1 is 1.15 bits per heavy atom. The van der Waals surface area contributed by atoms with Crippen molar-refractivity contribution in [3.63, 3.8) is 0 Å². The Balaban J connectivity index is 0.000000252. The largest absolute Gasteiger partial charge is 0.466 e. The molecule has 1 rings (SSSR count). The zero-order valence-corrected chi connectivity index (χ0v) is 7.09. The molecule has 1 aliphatic heterocycles. The van der Waals surface area contributed by atoms with Crippen LogP contribution < -0.4 is 5.84 Å². The van der Waals surface area contributed by atoms with Gasteiger partial charge in [0.25, 0.3) is 11.8 Å². The molecule has 0 saturated carbocycles. The highest BCUT2D eigenvalue weighted by Gasteiger charge is 2.18. The number of phosphoric acid groups is 1. The van der Waals surface area contributed by atoms with Crippen molar-refractivity contribution >= 4 is 19.6 Å². The van der Waals surface area contributed by atoms with Gasteiger partial charge in [0.1, 0.15) is 0 Å². The van der Waals surface area contributed by atoms with Crippen LogP contribution in [0.2, 0.25) is 0 Å². The molecule has 0 spiro atoms. The quantitative estimate of drug-likeness (QED) is 0.154. The van der Waals surface area contributed by atoms with Crippen LogP contribution >= 0.6 is 7.82 Å². The van der Waals surface area contributed by atoms with E-state index in [9.17, 15) is 9.59 Å². The number of hydrazine groups is 1. The Labute approximate surface area is 72.5 Å². The molecule has 0 aromatic heterocycles. The highest BCUT2D eigenvalue weighted by molar-refractivity contribution is 7.45. The Bertz CT molecular complexity index is 267. The molecule has 13 heavy (non-hydrogen) atoms. The van der Waals surface area contributed by atoms with E-state index in [4.69, 9.17) is 25.1 Å². The first-order valence-electron chi connectivity index (χ1n) is 2.81. The number of amides is 2. The molecule has 0 radical (unpaired) electrons. The number of carbonyl (C=O) groups is 2. The summed E-state index contributed by atoms with van der Waals surface area (Å²) >= 11 is 0. The predicted molar refractivity (Wildman–Crippen MR) is 39.4 cm³/mol. The summed E-state index contributed by atoms with van der Waals surface area (Å²) in [6.45, 7) is 0. The zero-order valence-electron chi connectivity index (χ0n) is 6.19. The number of imide groups is 1. The smallest absolute Gasteiger partial charge is 0.303 e. The number of nitrogens with zero attached hydrogens (tertiary/aromatic N) is 1. The second-order valence-corrected chi connectivity index (χ2v) is 2.92. The van der Waals surface area contributed by atoms with Gasteiger partial charge in [-0.25, -0.2) is 15.4 Å². The maximum Gasteiger partial charge on any atom is 0.466 e. The molecule has 8 nitrogen and oxygen atoms in total. The molecule has 0 atom stereocenters. The second kappa shape index (κ2) is 4.26. The van der Waals surface area contributed by atoms with Crippen LogP contribution in [0.25, 0.3) is 0 Å². The minimum atomic E-state index is -4.64. The van der Waals surface area contributed by atoms with E-state index in [0.29, 0.717) is 5.01 Å². The Morgan fingerprint density at radius 2 is 1.38 bits per heavy atom. The van der Waals surface area contributed by atoms with Crippen molar-refractivity contribution in [2.75, 3.05) is 0 Å². The topological polar surface area (TPSA) is 141 Å². The van der Waals surface area contributed by atoms with Crippen LogP contribution in [-0.4, -0.2) is 31.5 Å². The van der Waals surface area contributed by atoms with Gasteiger partial charge in [0.15, 0.2) is 0 Å². The second-order valence-electron chi connectivity index (χ2n) is 1.89. The first-order chi connectivity index (χ1) is 5.72. The van der Waals surface area contributed by atoms with E-state index in [-0.39, 0.29) is 0 Å². The van der Waals surface area contributed by atoms with E-state index in [1.54, 1.807) is 0 Å². The fourth-order valence-corrected chi connectivity index (χ4v) is 0.412. The lowest BCUT2D eigenvalue weighted by Crippen LogP contribution is -2.36. The van der Waals surface area contributed by atoms with Crippen LogP contribution in [-0.2, 0) is 14.2 Å². The fourth-order valence-electron chi connectivity index (χ4n) is 0.412. The lowest BCUT2D eigenvalue weighted by molar-refractivity contribution is -0.137. The van der Waals surface area contributed by atoms with Gasteiger partial charge in [0.05, 0.1) is 0 Å². The van der Waals surface area contributed by atoms with E-state index in [1.165, 1.54) is 0 Å². The van der Waals surface area contributed by atoms with Crippen molar-refractivity contribution in [1.29, 1.82) is 0 Å². The summed E-state index contributed by atoms with van der Waals surface area (Å²) in [5.74, 6) is 3.97. The zero-order chi connectivity index (χ0) is 10.6. The van der Waals surface area contributed by atoms with Crippen molar-refractivity contribution < 1.29 is 28.8 Å². The van der Waals surface area contributed by atoms with E-state index in [0.717, 1.165) is 12.2 Å². The maximum absolute atomic E-state index is 10.3. The molecule has 1 aliphatic rings. The minimum absolute atomic E-state index is 0.463. The van der Waals surface area contributed by atoms with Gasteiger partial charge in [0.2, 0.25) is 0 Å². The summed E-state index contributed by atoms with van der Waals surface area (Å²) in [6.07, 6.45) is 2.25. The van der Waals surface area contributed by atoms with Gasteiger partial charge in [-0.05, 0) is 0 Å². The van der Waals surface area contributed by atoms with Crippen LogP contribution in [0.3, 0.4) is 0 Å². The molecule has 0 aliphatic carbocycles. The Hall–Kier alpha value is -1.05. The van der Waals surface area contributed by atoms with Crippen molar-refractivity contribution in [2.45, 2.75) is 0 Å². The van der Waals surface area contributed by atoms with Crippen LogP contribution in [0.4, 0.5) is 0 Å². The number of rotatable bonds is 0. The number of nitrogens with two attached hydrogens (primary N) is 1. The van der Waals surface area contributed by atoms with Gasteiger partial charge in [-0.3, -0.25) is 9.59 Å². The van der Waals surface area contributed by atoms with Crippen LogP contribution in [0.5, 0.6) is 0 Å². The molecule has 0 aromatic rings. The maximum atomic E-state index is 10.3. The molecule has 0 aromatic carbocycles. The number of carbonyl (C=O) groups excluding carboxylic acids is 2. The molecule has 0 fully saturated rings. The standard InChI is InChI=1S/C4H4N2O2.H3O4P/c5-6-3(7)1-2-4(6)8;1-5(2,3)4/h1-2H,5H2;(H3,1,2,3,4). The van der Waals surface area contributed by atoms with Crippen LogP contribution in [0.15, 0.2) is 12.2 Å². The molecular weight excluding hydrogens is 203 g/mol. The summed E-state index contributed by atoms with van der Waals surface area (Å²) < 4.78 is 8.88. The van der Waals surface area contributed by atoms with E-state index in [1.807, 2.05) is 0 Å². The minimum Gasteiger partial charge on any atom is -0.303 e. The summed E-state index contributed by atoms with van der Waals surface area (Å²) in [5.41, 5.74) is 0. The molecule has 1 heterocycles. The summed E-state index contributed by atoms with van der Waals surface area (Å²) in [7, 11) is -4.64. The van der Waals surface area contributed by atoms with E-state index in [2.05, 4.69) is 0 Å². The molecule has 5 N–H and O–H groups in total. The summed E-state index contributed by atoms with van der Waals surface area (Å²) in [6, 6.07) is 0. The van der Waals surface area contributed by atoms with Crippen molar-refractivity contribution in [1.82, 2.24) is 5.01 Å². The molecule has 2 amide bonds. The predicted octanol–water partition coefficient (Wildman–Crippen LogP) is -2.14. The van der Waals surface area contributed by atoms with Crippen molar-refractivity contribution in [2.24, 2.45) is 5.84 Å².